The monoisotopic (exact) mass is 642 g/mol. The van der Waals surface area contributed by atoms with Gasteiger partial charge in [-0.25, -0.2) is 4.98 Å². The van der Waals surface area contributed by atoms with Crippen LogP contribution in [0, 0.1) is 0 Å². The topological polar surface area (TPSA) is 76.8 Å². The first-order valence-corrected chi connectivity index (χ1v) is 18.3. The molecular weight excluding hydrogens is 589 g/mol. The summed E-state index contributed by atoms with van der Waals surface area (Å²) in [6.45, 7) is 18.0. The largest absolute Gasteiger partial charge is 0.369 e. The van der Waals surface area contributed by atoms with E-state index in [4.69, 9.17) is 0 Å². The van der Waals surface area contributed by atoms with Gasteiger partial charge in [-0.15, -0.1) is 0 Å². The summed E-state index contributed by atoms with van der Waals surface area (Å²) in [5, 5.41) is 14.1. The lowest BCUT2D eigenvalue weighted by Gasteiger charge is -2.30. The summed E-state index contributed by atoms with van der Waals surface area (Å²) in [7, 11) is 0. The van der Waals surface area contributed by atoms with E-state index in [0.717, 1.165) is 63.4 Å². The van der Waals surface area contributed by atoms with Crippen LogP contribution in [0.1, 0.15) is 101 Å². The molecule has 1 unspecified atom stereocenters. The second-order valence-electron chi connectivity index (χ2n) is 15.4. The van der Waals surface area contributed by atoms with E-state index in [1.165, 1.54) is 51.9 Å². The van der Waals surface area contributed by atoms with Gasteiger partial charge >= 0.3 is 0 Å². The number of hydrogen-bond donors (Lipinski definition) is 5. The first-order valence-electron chi connectivity index (χ1n) is 18.3. The van der Waals surface area contributed by atoms with Crippen LogP contribution in [0.15, 0.2) is 60.9 Å². The predicted octanol–water partition coefficient (Wildman–Crippen LogP) is 8.17. The summed E-state index contributed by atoms with van der Waals surface area (Å²) in [5.74, 6) is 0.988. The maximum atomic E-state index is 4.63. The van der Waals surface area contributed by atoms with E-state index in [1.807, 2.05) is 6.20 Å². The summed E-state index contributed by atoms with van der Waals surface area (Å²) in [5.41, 5.74) is 16.9. The summed E-state index contributed by atoms with van der Waals surface area (Å²) in [6.07, 6.45) is 11.2. The van der Waals surface area contributed by atoms with Crippen molar-refractivity contribution in [1.82, 2.24) is 31.2 Å². The molecule has 1 aliphatic heterocycles. The lowest BCUT2D eigenvalue weighted by Crippen LogP contribution is -2.41. The number of H-pyrrole nitrogens is 1. The quantitative estimate of drug-likeness (QED) is 0.101. The second-order valence-corrected chi connectivity index (χ2v) is 15.4. The van der Waals surface area contributed by atoms with Crippen LogP contribution in [0.4, 0.5) is 0 Å². The van der Waals surface area contributed by atoms with E-state index in [2.05, 4.69) is 128 Å². The maximum Gasteiger partial charge on any atom is 0.120 e. The molecule has 0 radical (unpaired) electrons. The molecule has 6 nitrogen and oxygen atoms in total. The molecular formula is C42H54N6. The summed E-state index contributed by atoms with van der Waals surface area (Å²) < 4.78 is 0. The van der Waals surface area contributed by atoms with E-state index < -0.39 is 0 Å². The first kappa shape index (κ1) is 32.7. The van der Waals surface area contributed by atoms with Crippen molar-refractivity contribution in [3.8, 4) is 33.5 Å². The average Bonchev–Trinajstić information content (AvgIpc) is 3.88. The number of nitrogens with zero attached hydrogens (tertiary/aromatic N) is 1. The lowest BCUT2D eigenvalue weighted by molar-refractivity contribution is 0.514. The van der Waals surface area contributed by atoms with Gasteiger partial charge in [-0.1, -0.05) is 90.1 Å². The van der Waals surface area contributed by atoms with E-state index in [1.54, 1.807) is 22.3 Å². The minimum atomic E-state index is 0.120. The third-order valence-corrected chi connectivity index (χ3v) is 10.9. The molecule has 0 amide bonds. The van der Waals surface area contributed by atoms with Crippen LogP contribution in [0.5, 0.6) is 0 Å². The predicted molar refractivity (Wildman–Crippen MR) is 201 cm³/mol. The molecule has 6 heteroatoms. The Labute approximate surface area is 287 Å². The van der Waals surface area contributed by atoms with Gasteiger partial charge in [0.2, 0.25) is 0 Å². The second kappa shape index (κ2) is 13.2. The zero-order valence-corrected chi connectivity index (χ0v) is 29.9. The van der Waals surface area contributed by atoms with Gasteiger partial charge in [-0.3, -0.25) is 0 Å². The van der Waals surface area contributed by atoms with E-state index in [9.17, 15) is 0 Å². The van der Waals surface area contributed by atoms with Gasteiger partial charge in [0.05, 0.1) is 24.1 Å². The van der Waals surface area contributed by atoms with Crippen LogP contribution in [0.2, 0.25) is 0 Å². The molecule has 3 aromatic carbocycles. The van der Waals surface area contributed by atoms with Crippen molar-refractivity contribution >= 4 is 5.70 Å². The molecule has 1 atom stereocenters. The molecule has 48 heavy (non-hydrogen) atoms. The number of fused-ring (bicyclic) bond motifs is 2. The number of aromatic amines is 1. The van der Waals surface area contributed by atoms with Gasteiger partial charge in [-0.2, -0.15) is 0 Å². The number of rotatable bonds is 12. The van der Waals surface area contributed by atoms with Gasteiger partial charge in [0.1, 0.15) is 12.0 Å². The highest BCUT2D eigenvalue weighted by Gasteiger charge is 2.43. The SMILES string of the molecule is CCCNCc1ncc(-c2ccc(-c3c4c(c(-c5ccc(C6=CNC(CNCCC)N6)cc5)c5c3C(C)(C)CC5)C(C)(C)CC4)cc2)[nH]1. The van der Waals surface area contributed by atoms with Crippen LogP contribution in [-0.4, -0.2) is 35.8 Å². The summed E-state index contributed by atoms with van der Waals surface area (Å²) >= 11 is 0. The van der Waals surface area contributed by atoms with Gasteiger partial charge in [0, 0.05) is 12.7 Å². The van der Waals surface area contributed by atoms with Gasteiger partial charge in [-0.05, 0) is 118 Å². The minimum absolute atomic E-state index is 0.120. The molecule has 7 rings (SSSR count). The van der Waals surface area contributed by atoms with Crippen LogP contribution in [0.25, 0.3) is 39.2 Å². The van der Waals surface area contributed by atoms with Crippen molar-refractivity contribution in [1.29, 1.82) is 0 Å². The minimum Gasteiger partial charge on any atom is -0.369 e. The molecule has 0 bridgehead atoms. The maximum absolute atomic E-state index is 4.63. The van der Waals surface area contributed by atoms with Crippen LogP contribution >= 0.6 is 0 Å². The zero-order chi connectivity index (χ0) is 33.5. The third kappa shape index (κ3) is 6.10. The van der Waals surface area contributed by atoms with Crippen molar-refractivity contribution in [2.45, 2.75) is 104 Å². The Kier molecular flexibility index (Phi) is 8.99. The van der Waals surface area contributed by atoms with Crippen molar-refractivity contribution in [3.63, 3.8) is 0 Å². The number of benzene rings is 3. The zero-order valence-electron chi connectivity index (χ0n) is 29.9. The van der Waals surface area contributed by atoms with Crippen molar-refractivity contribution in [2.75, 3.05) is 19.6 Å². The van der Waals surface area contributed by atoms with Gasteiger partial charge in [0.25, 0.3) is 0 Å². The molecule has 1 aromatic heterocycles. The Bertz CT molecular complexity index is 1790. The summed E-state index contributed by atoms with van der Waals surface area (Å²) in [6, 6.07) is 18.7. The Morgan fingerprint density at radius 1 is 0.729 bits per heavy atom. The smallest absolute Gasteiger partial charge is 0.120 e. The van der Waals surface area contributed by atoms with E-state index in [0.29, 0.717) is 0 Å². The molecule has 252 valence electrons. The molecule has 0 saturated carbocycles. The van der Waals surface area contributed by atoms with Crippen molar-refractivity contribution in [3.05, 3.63) is 94.6 Å². The number of imidazole rings is 1. The Morgan fingerprint density at radius 2 is 1.27 bits per heavy atom. The average molecular weight is 643 g/mol. The Hall–Kier alpha value is -3.87. The van der Waals surface area contributed by atoms with Gasteiger partial charge in [0.15, 0.2) is 0 Å². The van der Waals surface area contributed by atoms with Crippen molar-refractivity contribution in [2.24, 2.45) is 0 Å². The fourth-order valence-corrected chi connectivity index (χ4v) is 8.38. The van der Waals surface area contributed by atoms with E-state index in [-0.39, 0.29) is 17.0 Å². The first-order chi connectivity index (χ1) is 23.2. The molecule has 2 aliphatic carbocycles. The van der Waals surface area contributed by atoms with E-state index >= 15 is 0 Å². The lowest BCUT2D eigenvalue weighted by atomic mass is 9.73. The third-order valence-electron chi connectivity index (χ3n) is 10.9. The number of aromatic nitrogens is 2. The highest BCUT2D eigenvalue weighted by atomic mass is 15.2. The molecule has 3 aliphatic rings. The standard InChI is InChI=1S/C42H54N6/c1-7-21-43-25-35-45-23-33(47-35)27-9-13-29(14-10-27)37-31-17-19-42(5,6)40(31)38(32-18-20-41(3,4)39(32)37)30-15-11-28(12-16-30)34-24-46-36(48-34)26-44-22-8-2/h9-16,23-24,35,43-45,47H,7-8,17-22,25-26H2,1-6H3,(H,46,48). The Balaban J connectivity index is 1.25. The molecule has 5 N–H and O–H groups in total. The molecule has 0 spiro atoms. The van der Waals surface area contributed by atoms with Crippen LogP contribution < -0.4 is 21.3 Å². The highest BCUT2D eigenvalue weighted by Crippen LogP contribution is 2.56. The molecule has 2 heterocycles. The molecule has 0 saturated heterocycles. The van der Waals surface area contributed by atoms with Gasteiger partial charge < -0.3 is 26.3 Å². The Morgan fingerprint density at radius 3 is 1.85 bits per heavy atom. The van der Waals surface area contributed by atoms with Crippen LogP contribution in [-0.2, 0) is 30.2 Å². The normalized spacial score (nSPS) is 18.7. The number of nitrogens with one attached hydrogen (secondary N) is 5. The number of hydrogen-bond acceptors (Lipinski definition) is 5. The fraction of sp³-hybridized carbons (Fsp3) is 0.452. The summed E-state index contributed by atoms with van der Waals surface area (Å²) in [4.78, 5) is 8.15. The molecule has 0 fully saturated rings. The molecule has 4 aromatic rings. The highest BCUT2D eigenvalue weighted by molar-refractivity contribution is 5.88. The van der Waals surface area contributed by atoms with Crippen LogP contribution in [0.3, 0.4) is 0 Å². The fourth-order valence-electron chi connectivity index (χ4n) is 8.38. The van der Waals surface area contributed by atoms with Crippen molar-refractivity contribution < 1.29 is 0 Å².